The lowest BCUT2D eigenvalue weighted by molar-refractivity contribution is 0.555. The summed E-state index contributed by atoms with van der Waals surface area (Å²) in [5, 5.41) is 3.24. The first-order chi connectivity index (χ1) is 9.88. The first kappa shape index (κ1) is 16.5. The van der Waals surface area contributed by atoms with Gasteiger partial charge >= 0.3 is 0 Å². The highest BCUT2D eigenvalue weighted by Gasteiger charge is 2.19. The van der Waals surface area contributed by atoms with Crippen molar-refractivity contribution in [3.05, 3.63) is 23.8 Å². The molecule has 1 heterocycles. The largest absolute Gasteiger partial charge is 0.385 e. The molecule has 118 valence electrons. The van der Waals surface area contributed by atoms with Crippen LogP contribution in [0.5, 0.6) is 0 Å². The Hall–Kier alpha value is -0.920. The van der Waals surface area contributed by atoms with Crippen molar-refractivity contribution in [3.63, 3.8) is 0 Å². The summed E-state index contributed by atoms with van der Waals surface area (Å²) in [5.74, 6) is 0.495. The van der Waals surface area contributed by atoms with Gasteiger partial charge in [-0.25, -0.2) is 13.1 Å². The van der Waals surface area contributed by atoms with Gasteiger partial charge in [-0.15, -0.1) is 0 Å². The summed E-state index contributed by atoms with van der Waals surface area (Å²) >= 11 is 0. The minimum atomic E-state index is -3.53. The Bertz CT molecular complexity index is 629. The lowest BCUT2D eigenvalue weighted by Gasteiger charge is -2.19. The Morgan fingerprint density at radius 3 is 2.90 bits per heavy atom. The predicted molar refractivity (Wildman–Crippen MR) is 86.6 cm³/mol. The van der Waals surface area contributed by atoms with Crippen molar-refractivity contribution in [2.45, 2.75) is 37.1 Å². The summed E-state index contributed by atoms with van der Waals surface area (Å²) < 4.78 is 38.4. The van der Waals surface area contributed by atoms with E-state index < -0.39 is 20.8 Å². The molecule has 0 bridgehead atoms. The van der Waals surface area contributed by atoms with Crippen LogP contribution in [-0.4, -0.2) is 37.2 Å². The van der Waals surface area contributed by atoms with Crippen molar-refractivity contribution in [1.82, 2.24) is 4.72 Å². The molecule has 1 aliphatic rings. The zero-order chi connectivity index (χ0) is 15.5. The summed E-state index contributed by atoms with van der Waals surface area (Å²) in [7, 11) is -4.44. The molecule has 1 aromatic carbocycles. The zero-order valence-corrected chi connectivity index (χ0v) is 14.0. The molecule has 2 N–H and O–H groups in total. The maximum atomic E-state index is 12.4. The van der Waals surface area contributed by atoms with Crippen LogP contribution in [0.1, 0.15) is 25.3 Å². The molecule has 1 aliphatic heterocycles. The molecule has 0 saturated heterocycles. The van der Waals surface area contributed by atoms with E-state index in [4.69, 9.17) is 0 Å². The first-order valence-electron chi connectivity index (χ1n) is 7.07. The molecule has 2 rings (SSSR count). The maximum Gasteiger partial charge on any atom is 0.240 e. The highest BCUT2D eigenvalue weighted by Crippen LogP contribution is 2.25. The molecular formula is C14H22N2O3S2. The van der Waals surface area contributed by atoms with Gasteiger partial charge in [0.2, 0.25) is 10.0 Å². The highest BCUT2D eigenvalue weighted by atomic mass is 32.2. The summed E-state index contributed by atoms with van der Waals surface area (Å²) in [6.45, 7) is 2.67. The molecule has 0 radical (unpaired) electrons. The van der Waals surface area contributed by atoms with Gasteiger partial charge in [0, 0.05) is 41.1 Å². The molecule has 2 atom stereocenters. The van der Waals surface area contributed by atoms with Crippen molar-refractivity contribution in [3.8, 4) is 0 Å². The van der Waals surface area contributed by atoms with Gasteiger partial charge in [-0.05, 0) is 43.9 Å². The molecule has 2 unspecified atom stereocenters. The second-order valence-electron chi connectivity index (χ2n) is 5.44. The number of anilines is 1. The summed E-state index contributed by atoms with van der Waals surface area (Å²) in [4.78, 5) is 0.278. The Labute approximate surface area is 129 Å². The van der Waals surface area contributed by atoms with Crippen LogP contribution in [0.2, 0.25) is 0 Å². The van der Waals surface area contributed by atoms with Crippen molar-refractivity contribution in [1.29, 1.82) is 0 Å². The summed E-state index contributed by atoms with van der Waals surface area (Å²) in [6, 6.07) is 4.99. The number of fused-ring (bicyclic) bond motifs is 1. The van der Waals surface area contributed by atoms with Crippen molar-refractivity contribution < 1.29 is 12.6 Å². The topological polar surface area (TPSA) is 75.3 Å². The minimum absolute atomic E-state index is 0.233. The molecule has 1 aromatic rings. The molecule has 0 fully saturated rings. The van der Waals surface area contributed by atoms with E-state index >= 15 is 0 Å². The smallest absolute Gasteiger partial charge is 0.240 e. The van der Waals surface area contributed by atoms with E-state index in [1.807, 2.05) is 6.07 Å². The third-order valence-corrected chi connectivity index (χ3v) is 5.92. The number of nitrogens with one attached hydrogen (secondary N) is 2. The Morgan fingerprint density at radius 2 is 2.19 bits per heavy atom. The molecule has 0 amide bonds. The average molecular weight is 330 g/mol. The number of hydrogen-bond donors (Lipinski definition) is 2. The maximum absolute atomic E-state index is 12.4. The van der Waals surface area contributed by atoms with E-state index in [9.17, 15) is 12.6 Å². The van der Waals surface area contributed by atoms with E-state index in [-0.39, 0.29) is 10.9 Å². The number of hydrogen-bond acceptors (Lipinski definition) is 4. The Balaban J connectivity index is 2.10. The lowest BCUT2D eigenvalue weighted by atomic mass is 10.0. The van der Waals surface area contributed by atoms with Crippen LogP contribution in [0, 0.1) is 0 Å². The first-order valence-corrected chi connectivity index (χ1v) is 10.3. The quantitative estimate of drug-likeness (QED) is 0.828. The predicted octanol–water partition coefficient (Wildman–Crippen LogP) is 1.48. The molecular weight excluding hydrogens is 308 g/mol. The molecule has 0 saturated carbocycles. The normalized spacial score (nSPS) is 17.6. The van der Waals surface area contributed by atoms with Gasteiger partial charge in [0.1, 0.15) is 0 Å². The average Bonchev–Trinajstić information content (AvgIpc) is 2.44. The lowest BCUT2D eigenvalue weighted by Crippen LogP contribution is -2.33. The Morgan fingerprint density at radius 1 is 1.43 bits per heavy atom. The number of rotatable bonds is 6. The van der Waals surface area contributed by atoms with Crippen LogP contribution in [0.25, 0.3) is 0 Å². The van der Waals surface area contributed by atoms with Crippen molar-refractivity contribution in [2.24, 2.45) is 0 Å². The fraction of sp³-hybridized carbons (Fsp3) is 0.571. The molecule has 21 heavy (non-hydrogen) atoms. The number of aryl methyl sites for hydroxylation is 1. The van der Waals surface area contributed by atoms with Crippen LogP contribution >= 0.6 is 0 Å². The molecule has 0 aliphatic carbocycles. The van der Waals surface area contributed by atoms with Gasteiger partial charge < -0.3 is 5.32 Å². The van der Waals surface area contributed by atoms with Crippen molar-refractivity contribution >= 4 is 26.5 Å². The molecule has 5 nitrogen and oxygen atoms in total. The molecule has 7 heteroatoms. The van der Waals surface area contributed by atoms with Gasteiger partial charge in [-0.2, -0.15) is 0 Å². The van der Waals surface area contributed by atoms with Gasteiger partial charge in [0.25, 0.3) is 0 Å². The highest BCUT2D eigenvalue weighted by molar-refractivity contribution is 7.89. The Kier molecular flexibility index (Phi) is 5.40. The van der Waals surface area contributed by atoms with E-state index in [1.54, 1.807) is 25.3 Å². The van der Waals surface area contributed by atoms with Crippen LogP contribution in [0.3, 0.4) is 0 Å². The fourth-order valence-electron chi connectivity index (χ4n) is 2.34. The third kappa shape index (κ3) is 4.52. The summed E-state index contributed by atoms with van der Waals surface area (Å²) in [6.07, 6.45) is 4.24. The standard InChI is InChI=1S/C14H22N2O3S2/c1-11(7-9-20(2)17)16-21(18,19)13-6-5-12-4-3-8-15-14(12)10-13/h5-6,10-11,15-16H,3-4,7-9H2,1-2H3. The fourth-order valence-corrected chi connectivity index (χ4v) is 4.33. The minimum Gasteiger partial charge on any atom is -0.385 e. The van der Waals surface area contributed by atoms with Crippen LogP contribution in [0.4, 0.5) is 5.69 Å². The number of benzene rings is 1. The van der Waals surface area contributed by atoms with E-state index in [2.05, 4.69) is 10.0 Å². The van der Waals surface area contributed by atoms with E-state index in [1.165, 1.54) is 0 Å². The van der Waals surface area contributed by atoms with Gasteiger partial charge in [-0.1, -0.05) is 6.07 Å². The molecule has 0 spiro atoms. The monoisotopic (exact) mass is 330 g/mol. The van der Waals surface area contributed by atoms with Crippen LogP contribution < -0.4 is 10.0 Å². The SMILES string of the molecule is CC(CCS(C)=O)NS(=O)(=O)c1ccc2c(c1)NCCC2. The second-order valence-corrected chi connectivity index (χ2v) is 8.71. The third-order valence-electron chi connectivity index (χ3n) is 3.52. The van der Waals surface area contributed by atoms with Gasteiger partial charge in [0.15, 0.2) is 0 Å². The van der Waals surface area contributed by atoms with E-state index in [0.29, 0.717) is 12.2 Å². The molecule has 0 aromatic heterocycles. The van der Waals surface area contributed by atoms with Gasteiger partial charge in [-0.3, -0.25) is 4.21 Å². The number of sulfonamides is 1. The zero-order valence-electron chi connectivity index (χ0n) is 12.4. The second kappa shape index (κ2) is 6.89. The summed E-state index contributed by atoms with van der Waals surface area (Å²) in [5.41, 5.74) is 2.07. The van der Waals surface area contributed by atoms with Gasteiger partial charge in [0.05, 0.1) is 4.90 Å². The van der Waals surface area contributed by atoms with Crippen LogP contribution in [0.15, 0.2) is 23.1 Å². The van der Waals surface area contributed by atoms with Crippen LogP contribution in [-0.2, 0) is 27.2 Å². The van der Waals surface area contributed by atoms with Crippen molar-refractivity contribution in [2.75, 3.05) is 23.9 Å². The van der Waals surface area contributed by atoms with E-state index in [0.717, 1.165) is 30.6 Å².